The topological polar surface area (TPSA) is 78.4 Å². The van der Waals surface area contributed by atoms with Crippen LogP contribution in [0.2, 0.25) is 0 Å². The average Bonchev–Trinajstić information content (AvgIpc) is 3.75. The molecule has 4 aromatic rings. The number of nitrogens with zero attached hydrogens (tertiary/aromatic N) is 5. The second-order valence-electron chi connectivity index (χ2n) is 12.9. The summed E-state index contributed by atoms with van der Waals surface area (Å²) >= 11 is 3.68. The van der Waals surface area contributed by atoms with Crippen molar-refractivity contribution in [2.75, 3.05) is 62.2 Å². The lowest BCUT2D eigenvalue weighted by Crippen LogP contribution is -2.49. The van der Waals surface area contributed by atoms with Gasteiger partial charge in [0, 0.05) is 78.2 Å². The van der Waals surface area contributed by atoms with E-state index in [4.69, 9.17) is 14.7 Å². The van der Waals surface area contributed by atoms with E-state index in [9.17, 15) is 0 Å². The Bertz CT molecular complexity index is 1700. The van der Waals surface area contributed by atoms with Crippen molar-refractivity contribution in [3.8, 4) is 5.75 Å². The van der Waals surface area contributed by atoms with Crippen LogP contribution in [0, 0.1) is 6.92 Å². The van der Waals surface area contributed by atoms with Crippen molar-refractivity contribution in [1.82, 2.24) is 19.9 Å². The SMILES string of the molecule is COc1cc(N2CCN(C3CCCC3)CC2)c(C)cc1Nc1ncc(Br)c(Nc2ccc3nc(C4CC4)ccc3c2P(C)C)n1. The van der Waals surface area contributed by atoms with Crippen LogP contribution in [0.5, 0.6) is 5.75 Å². The zero-order chi connectivity index (χ0) is 31.1. The molecule has 1 aliphatic heterocycles. The van der Waals surface area contributed by atoms with Gasteiger partial charge in [-0.15, -0.1) is 0 Å². The van der Waals surface area contributed by atoms with E-state index in [1.807, 2.05) is 0 Å². The third kappa shape index (κ3) is 6.49. The Hall–Kier alpha value is -3.00. The number of methoxy groups -OCH3 is 1. The lowest BCUT2D eigenvalue weighted by atomic mass is 10.1. The summed E-state index contributed by atoms with van der Waals surface area (Å²) in [5.74, 6) is 2.64. The number of piperazine rings is 1. The zero-order valence-corrected chi connectivity index (χ0v) is 29.2. The number of halogens is 1. The second kappa shape index (κ2) is 13.0. The second-order valence-corrected chi connectivity index (χ2v) is 16.0. The molecule has 0 spiro atoms. The molecular formula is C35H43BrN7OP. The van der Waals surface area contributed by atoms with E-state index in [-0.39, 0.29) is 0 Å². The normalized spacial score (nSPS) is 17.8. The van der Waals surface area contributed by atoms with Crippen molar-refractivity contribution in [3.63, 3.8) is 0 Å². The highest BCUT2D eigenvalue weighted by Crippen LogP contribution is 2.41. The number of anilines is 5. The maximum atomic E-state index is 5.88. The van der Waals surface area contributed by atoms with Crippen molar-refractivity contribution in [3.05, 3.63) is 58.3 Å². The van der Waals surface area contributed by atoms with Crippen LogP contribution in [0.1, 0.15) is 55.7 Å². The Morgan fingerprint density at radius 2 is 1.69 bits per heavy atom. The molecule has 10 heteroatoms. The van der Waals surface area contributed by atoms with Crippen molar-refractivity contribution in [1.29, 1.82) is 0 Å². The molecule has 0 amide bonds. The highest BCUT2D eigenvalue weighted by molar-refractivity contribution is 9.10. The number of aromatic nitrogens is 3. The van der Waals surface area contributed by atoms with Crippen molar-refractivity contribution in [2.24, 2.45) is 0 Å². The van der Waals surface area contributed by atoms with Crippen LogP contribution in [0.15, 0.2) is 47.1 Å². The lowest BCUT2D eigenvalue weighted by molar-refractivity contribution is 0.187. The van der Waals surface area contributed by atoms with E-state index in [2.05, 4.69) is 98.0 Å². The molecule has 2 aromatic heterocycles. The van der Waals surface area contributed by atoms with Gasteiger partial charge >= 0.3 is 0 Å². The molecule has 45 heavy (non-hydrogen) atoms. The van der Waals surface area contributed by atoms with Crippen LogP contribution < -0.4 is 25.6 Å². The predicted molar refractivity (Wildman–Crippen MR) is 192 cm³/mol. The van der Waals surface area contributed by atoms with Gasteiger partial charge in [0.1, 0.15) is 11.6 Å². The standard InChI is InChI=1S/C35H43BrN7OP/c1-22-19-30(32(44-2)20-31(22)43-17-15-42(16-18-43)24-7-5-6-8-24)40-35-37-21-26(36)34(41-35)39-29-14-13-28-25(33(29)45(3)4)11-12-27(38-28)23-9-10-23/h11-14,19-21,23-24H,5-10,15-18H2,1-4H3,(H2,37,39,40,41). The maximum absolute atomic E-state index is 5.88. The monoisotopic (exact) mass is 687 g/mol. The largest absolute Gasteiger partial charge is 0.494 e. The summed E-state index contributed by atoms with van der Waals surface area (Å²) in [5, 5.41) is 9.57. The fourth-order valence-corrected chi connectivity index (χ4v) is 8.61. The summed E-state index contributed by atoms with van der Waals surface area (Å²) in [4.78, 5) is 19.7. The molecule has 7 rings (SSSR count). The van der Waals surface area contributed by atoms with Gasteiger partial charge in [0.2, 0.25) is 5.95 Å². The maximum Gasteiger partial charge on any atom is 0.229 e. The third-order valence-electron chi connectivity index (χ3n) is 9.56. The van der Waals surface area contributed by atoms with Crippen LogP contribution in [-0.2, 0) is 0 Å². The Morgan fingerprint density at radius 1 is 0.911 bits per heavy atom. The number of fused-ring (bicyclic) bond motifs is 1. The number of rotatable bonds is 9. The first-order chi connectivity index (χ1) is 21.9. The van der Waals surface area contributed by atoms with Crippen molar-refractivity contribution in [2.45, 2.75) is 57.4 Å². The Kier molecular flexibility index (Phi) is 8.86. The quantitative estimate of drug-likeness (QED) is 0.172. The molecule has 0 atom stereocenters. The van der Waals surface area contributed by atoms with Gasteiger partial charge in [-0.2, -0.15) is 4.98 Å². The van der Waals surface area contributed by atoms with Crippen molar-refractivity contribution < 1.29 is 4.74 Å². The minimum atomic E-state index is -0.403. The van der Waals surface area contributed by atoms with Gasteiger partial charge in [0.05, 0.1) is 22.8 Å². The average molecular weight is 689 g/mol. The van der Waals surface area contributed by atoms with E-state index in [0.29, 0.717) is 17.7 Å². The summed E-state index contributed by atoms with van der Waals surface area (Å²) in [5.41, 5.74) is 6.65. The first-order valence-electron chi connectivity index (χ1n) is 16.2. The molecule has 2 saturated carbocycles. The molecule has 0 radical (unpaired) electrons. The van der Waals surface area contributed by atoms with E-state index >= 15 is 0 Å². The molecule has 3 aliphatic rings. The van der Waals surface area contributed by atoms with E-state index < -0.39 is 7.92 Å². The van der Waals surface area contributed by atoms with Crippen LogP contribution in [0.4, 0.5) is 28.8 Å². The lowest BCUT2D eigenvalue weighted by Gasteiger charge is -2.39. The minimum Gasteiger partial charge on any atom is -0.494 e. The molecular weight excluding hydrogens is 645 g/mol. The number of hydrogen-bond acceptors (Lipinski definition) is 8. The zero-order valence-electron chi connectivity index (χ0n) is 26.7. The number of aryl methyl sites for hydroxylation is 1. The predicted octanol–water partition coefficient (Wildman–Crippen LogP) is 7.90. The van der Waals surface area contributed by atoms with Gasteiger partial charge < -0.3 is 20.3 Å². The number of hydrogen-bond donors (Lipinski definition) is 2. The Balaban J connectivity index is 1.11. The summed E-state index contributed by atoms with van der Waals surface area (Å²) in [6.07, 6.45) is 9.80. The number of benzene rings is 2. The summed E-state index contributed by atoms with van der Waals surface area (Å²) in [7, 11) is 1.32. The van der Waals surface area contributed by atoms with Crippen molar-refractivity contribution >= 4 is 68.9 Å². The van der Waals surface area contributed by atoms with Crippen LogP contribution in [-0.4, -0.2) is 72.5 Å². The number of nitrogens with one attached hydrogen (secondary N) is 2. The molecule has 0 unspecified atom stereocenters. The van der Waals surface area contributed by atoms with Gasteiger partial charge in [0.15, 0.2) is 0 Å². The van der Waals surface area contributed by atoms with E-state index in [1.54, 1.807) is 13.3 Å². The van der Waals surface area contributed by atoms with Gasteiger partial charge in [-0.25, -0.2) is 4.98 Å². The molecule has 8 nitrogen and oxygen atoms in total. The van der Waals surface area contributed by atoms with Gasteiger partial charge in [-0.05, 0) is 91.7 Å². The molecule has 2 aliphatic carbocycles. The molecule has 2 N–H and O–H groups in total. The Labute approximate surface area is 276 Å². The highest BCUT2D eigenvalue weighted by atomic mass is 79.9. The minimum absolute atomic E-state index is 0.403. The number of ether oxygens (including phenoxy) is 1. The first-order valence-corrected chi connectivity index (χ1v) is 19.3. The molecule has 2 aromatic carbocycles. The molecule has 236 valence electrons. The molecule has 3 fully saturated rings. The number of pyridine rings is 1. The molecule has 3 heterocycles. The van der Waals surface area contributed by atoms with Crippen LogP contribution in [0.3, 0.4) is 0 Å². The first kappa shape index (κ1) is 30.6. The molecule has 1 saturated heterocycles. The Morgan fingerprint density at radius 3 is 2.40 bits per heavy atom. The summed E-state index contributed by atoms with van der Waals surface area (Å²) < 4.78 is 6.68. The smallest absolute Gasteiger partial charge is 0.229 e. The summed E-state index contributed by atoms with van der Waals surface area (Å²) in [6.45, 7) is 11.1. The molecule has 0 bridgehead atoms. The van der Waals surface area contributed by atoms with Crippen LogP contribution >= 0.6 is 23.9 Å². The van der Waals surface area contributed by atoms with E-state index in [1.165, 1.54) is 66.2 Å². The highest BCUT2D eigenvalue weighted by Gasteiger charge is 2.28. The van der Waals surface area contributed by atoms with Gasteiger partial charge in [-0.3, -0.25) is 9.88 Å². The fourth-order valence-electron chi connectivity index (χ4n) is 7.04. The fraction of sp³-hybridized carbons (Fsp3) is 0.457. The van der Waals surface area contributed by atoms with Crippen LogP contribution in [0.25, 0.3) is 10.9 Å². The van der Waals surface area contributed by atoms with Gasteiger partial charge in [0.25, 0.3) is 0 Å². The van der Waals surface area contributed by atoms with E-state index in [0.717, 1.165) is 59.3 Å². The third-order valence-corrected chi connectivity index (χ3v) is 11.5. The summed E-state index contributed by atoms with van der Waals surface area (Å²) in [6, 6.07) is 13.8. The van der Waals surface area contributed by atoms with Gasteiger partial charge in [-0.1, -0.05) is 26.8 Å².